The Hall–Kier alpha value is -0.220. The van der Waals surface area contributed by atoms with Gasteiger partial charge in [-0.15, -0.1) is 0 Å². The summed E-state index contributed by atoms with van der Waals surface area (Å²) in [6.45, 7) is 13.3. The smallest absolute Gasteiger partial charge is 0.307 e. The van der Waals surface area contributed by atoms with Crippen molar-refractivity contribution in [3.63, 3.8) is 0 Å². The van der Waals surface area contributed by atoms with Crippen LogP contribution in [0.2, 0.25) is 0 Å². The van der Waals surface area contributed by atoms with E-state index in [0.717, 1.165) is 25.4 Å². The molecule has 106 valence electrons. The summed E-state index contributed by atoms with van der Waals surface area (Å²) < 4.78 is 5.71. The summed E-state index contributed by atoms with van der Waals surface area (Å²) >= 11 is 2.03. The van der Waals surface area contributed by atoms with E-state index >= 15 is 0 Å². The Kier molecular flexibility index (Phi) is 5.53. The normalized spacial score (nSPS) is 21.4. The van der Waals surface area contributed by atoms with E-state index in [1.54, 1.807) is 0 Å². The van der Waals surface area contributed by atoms with E-state index in [4.69, 9.17) is 4.74 Å². The van der Waals surface area contributed by atoms with Crippen LogP contribution in [-0.2, 0) is 9.53 Å². The third kappa shape index (κ3) is 6.64. The highest BCUT2D eigenvalue weighted by atomic mass is 32.2. The van der Waals surface area contributed by atoms with Crippen LogP contribution in [0.4, 0.5) is 0 Å². The number of carbonyl (C=O) groups is 1. The summed E-state index contributed by atoms with van der Waals surface area (Å²) in [7, 11) is 0. The Bertz CT molecular complexity index is 284. The van der Waals surface area contributed by atoms with E-state index in [1.807, 2.05) is 32.5 Å². The zero-order chi connectivity index (χ0) is 13.8. The van der Waals surface area contributed by atoms with Gasteiger partial charge in [-0.05, 0) is 33.7 Å². The van der Waals surface area contributed by atoms with Gasteiger partial charge in [0.2, 0.25) is 0 Å². The van der Waals surface area contributed by atoms with Crippen molar-refractivity contribution < 1.29 is 9.53 Å². The third-order valence-electron chi connectivity index (χ3n) is 2.98. The van der Waals surface area contributed by atoms with Crippen molar-refractivity contribution in [1.82, 2.24) is 4.90 Å². The van der Waals surface area contributed by atoms with Crippen LogP contribution in [0.3, 0.4) is 0 Å². The maximum absolute atomic E-state index is 11.7. The van der Waals surface area contributed by atoms with E-state index in [9.17, 15) is 4.79 Å². The molecule has 0 atom stereocenters. The molecule has 0 aromatic heterocycles. The van der Waals surface area contributed by atoms with E-state index < -0.39 is 0 Å². The molecule has 4 heteroatoms. The third-order valence-corrected chi connectivity index (χ3v) is 4.35. The van der Waals surface area contributed by atoms with Crippen LogP contribution in [0, 0.1) is 0 Å². The molecule has 18 heavy (non-hydrogen) atoms. The van der Waals surface area contributed by atoms with Crippen molar-refractivity contribution in [2.24, 2.45) is 0 Å². The fourth-order valence-electron chi connectivity index (χ4n) is 1.93. The highest BCUT2D eigenvalue weighted by molar-refractivity contribution is 8.00. The quantitative estimate of drug-likeness (QED) is 0.740. The minimum absolute atomic E-state index is 0.0846. The second kappa shape index (κ2) is 6.29. The van der Waals surface area contributed by atoms with Gasteiger partial charge in [-0.2, -0.15) is 11.8 Å². The monoisotopic (exact) mass is 273 g/mol. The second-order valence-corrected chi connectivity index (χ2v) is 8.34. The molecule has 1 heterocycles. The molecule has 0 N–H and O–H groups in total. The first-order valence-electron chi connectivity index (χ1n) is 6.76. The van der Waals surface area contributed by atoms with Gasteiger partial charge in [-0.1, -0.05) is 13.8 Å². The predicted octanol–water partition coefficient (Wildman–Crippen LogP) is 2.94. The number of thioether (sulfide) groups is 1. The van der Waals surface area contributed by atoms with Crippen LogP contribution < -0.4 is 0 Å². The largest absolute Gasteiger partial charge is 0.460 e. The molecular weight excluding hydrogens is 246 g/mol. The number of carbonyl (C=O) groups excluding carboxylic acids is 1. The van der Waals surface area contributed by atoms with E-state index in [0.29, 0.717) is 11.2 Å². The minimum atomic E-state index is -0.367. The van der Waals surface area contributed by atoms with Crippen LogP contribution >= 0.6 is 11.8 Å². The van der Waals surface area contributed by atoms with Gasteiger partial charge >= 0.3 is 5.97 Å². The molecule has 1 saturated heterocycles. The molecule has 0 amide bonds. The molecule has 0 saturated carbocycles. The lowest BCUT2D eigenvalue weighted by molar-refractivity contribution is -0.155. The molecular formula is C14H27NO2S. The molecule has 0 unspecified atom stereocenters. The van der Waals surface area contributed by atoms with Crippen LogP contribution in [0.15, 0.2) is 0 Å². The number of nitrogens with zero attached hydrogens (tertiary/aromatic N) is 1. The second-order valence-electron chi connectivity index (χ2n) is 6.54. The average Bonchev–Trinajstić information content (AvgIpc) is 2.34. The van der Waals surface area contributed by atoms with Crippen molar-refractivity contribution in [2.75, 3.05) is 25.4 Å². The molecule has 0 radical (unpaired) electrons. The van der Waals surface area contributed by atoms with E-state index in [-0.39, 0.29) is 11.6 Å². The maximum atomic E-state index is 11.7. The van der Waals surface area contributed by atoms with Crippen LogP contribution in [0.1, 0.15) is 47.5 Å². The molecule has 1 aliphatic heterocycles. The van der Waals surface area contributed by atoms with Crippen molar-refractivity contribution in [3.05, 3.63) is 0 Å². The zero-order valence-electron chi connectivity index (χ0n) is 12.4. The van der Waals surface area contributed by atoms with Gasteiger partial charge in [0.05, 0.1) is 6.42 Å². The van der Waals surface area contributed by atoms with Gasteiger partial charge in [0.1, 0.15) is 5.60 Å². The van der Waals surface area contributed by atoms with Crippen LogP contribution in [-0.4, -0.2) is 46.6 Å². The van der Waals surface area contributed by atoms with Gasteiger partial charge < -0.3 is 9.64 Å². The van der Waals surface area contributed by atoms with Gasteiger partial charge in [0.25, 0.3) is 0 Å². The summed E-state index contributed by atoms with van der Waals surface area (Å²) in [5.74, 6) is 1.07. The molecule has 0 bridgehead atoms. The molecule has 1 aliphatic rings. The standard InChI is InChI=1S/C14H27NO2S/c1-13(2,3)17-12(16)6-8-15-9-7-14(4,5)18-11-10-15/h6-11H2,1-5H3. The molecule has 0 spiro atoms. The number of hydrogen-bond acceptors (Lipinski definition) is 4. The van der Waals surface area contributed by atoms with E-state index in [2.05, 4.69) is 18.7 Å². The highest BCUT2D eigenvalue weighted by Gasteiger charge is 2.24. The van der Waals surface area contributed by atoms with Crippen molar-refractivity contribution in [2.45, 2.75) is 57.8 Å². The fraction of sp³-hybridized carbons (Fsp3) is 0.929. The number of rotatable bonds is 3. The number of hydrogen-bond donors (Lipinski definition) is 0. The molecule has 1 fully saturated rings. The van der Waals surface area contributed by atoms with Crippen molar-refractivity contribution in [3.8, 4) is 0 Å². The molecule has 3 nitrogen and oxygen atoms in total. The molecule has 0 aromatic rings. The summed E-state index contributed by atoms with van der Waals surface area (Å²) in [5, 5.41) is 0. The van der Waals surface area contributed by atoms with Crippen LogP contribution in [0.25, 0.3) is 0 Å². The van der Waals surface area contributed by atoms with E-state index in [1.165, 1.54) is 6.42 Å². The molecule has 1 rings (SSSR count). The average molecular weight is 273 g/mol. The van der Waals surface area contributed by atoms with Gasteiger partial charge in [-0.3, -0.25) is 4.79 Å². The summed E-state index contributed by atoms with van der Waals surface area (Å²) in [6.07, 6.45) is 1.69. The lowest BCUT2D eigenvalue weighted by Crippen LogP contribution is -2.31. The van der Waals surface area contributed by atoms with Gasteiger partial charge in [-0.25, -0.2) is 0 Å². The SMILES string of the molecule is CC(C)(C)OC(=O)CCN1CCSC(C)(C)CC1. The van der Waals surface area contributed by atoms with Gasteiger partial charge in [0.15, 0.2) is 0 Å². The Morgan fingerprint density at radius 2 is 2.00 bits per heavy atom. The Balaban J connectivity index is 2.29. The summed E-state index contributed by atoms with van der Waals surface area (Å²) in [4.78, 5) is 14.0. The van der Waals surface area contributed by atoms with Crippen molar-refractivity contribution in [1.29, 1.82) is 0 Å². The van der Waals surface area contributed by atoms with Crippen LogP contribution in [0.5, 0.6) is 0 Å². The lowest BCUT2D eigenvalue weighted by atomic mass is 10.1. The topological polar surface area (TPSA) is 29.5 Å². The summed E-state index contributed by atoms with van der Waals surface area (Å²) in [5.41, 5.74) is -0.367. The zero-order valence-corrected chi connectivity index (χ0v) is 13.2. The number of ether oxygens (including phenoxy) is 1. The Morgan fingerprint density at radius 1 is 1.33 bits per heavy atom. The predicted molar refractivity (Wildman–Crippen MR) is 78.1 cm³/mol. The first-order valence-corrected chi connectivity index (χ1v) is 7.75. The fourth-order valence-corrected chi connectivity index (χ4v) is 3.07. The van der Waals surface area contributed by atoms with Crippen molar-refractivity contribution >= 4 is 17.7 Å². The number of esters is 1. The lowest BCUT2D eigenvalue weighted by Gasteiger charge is -2.23. The molecule has 0 aromatic carbocycles. The summed E-state index contributed by atoms with van der Waals surface area (Å²) in [6, 6.07) is 0. The highest BCUT2D eigenvalue weighted by Crippen LogP contribution is 2.30. The first kappa shape index (κ1) is 15.8. The minimum Gasteiger partial charge on any atom is -0.460 e. The van der Waals surface area contributed by atoms with Gasteiger partial charge in [0, 0.05) is 23.6 Å². The Labute approximate surface area is 116 Å². The molecule has 0 aliphatic carbocycles. The maximum Gasteiger partial charge on any atom is 0.307 e. The first-order chi connectivity index (χ1) is 8.18. The Morgan fingerprint density at radius 3 is 2.61 bits per heavy atom.